The van der Waals surface area contributed by atoms with Crippen LogP contribution in [0.3, 0.4) is 0 Å². The number of hydrogen-bond acceptors (Lipinski definition) is 4. The van der Waals surface area contributed by atoms with Crippen LogP contribution in [0, 0.1) is 31.4 Å². The Labute approximate surface area is 324 Å². The van der Waals surface area contributed by atoms with Gasteiger partial charge in [0.1, 0.15) is 5.58 Å². The fourth-order valence-corrected chi connectivity index (χ4v) is 7.79. The maximum absolute atomic E-state index is 8.75. The van der Waals surface area contributed by atoms with E-state index in [9.17, 15) is 0 Å². The van der Waals surface area contributed by atoms with Crippen molar-refractivity contribution in [1.82, 2.24) is 19.5 Å². The average Bonchev–Trinajstić information content (AvgIpc) is 3.71. The van der Waals surface area contributed by atoms with E-state index >= 15 is 0 Å². The second-order valence-corrected chi connectivity index (χ2v) is 20.1. The summed E-state index contributed by atoms with van der Waals surface area (Å²) in [6, 6.07) is 40.6. The third kappa shape index (κ3) is 7.59. The van der Waals surface area contributed by atoms with E-state index in [0.29, 0.717) is 0 Å². The van der Waals surface area contributed by atoms with Gasteiger partial charge >= 0.3 is 0 Å². The molecule has 4 aromatic heterocycles. The summed E-state index contributed by atoms with van der Waals surface area (Å²) in [7, 11) is -1.70. The largest absolute Gasteiger partial charge is 0.501 e. The SMILES string of the molecule is Cc1ccc2nc(-c3[c-]cc(C)c4c3oc3ccccc34)n(-c3ccccc3)c2n1.[2H]C([2H])(c1cc(-c2[c-]cccc2)ncc1[Si](C)(C)C)C(C)(C)C.[Ir]. The van der Waals surface area contributed by atoms with Gasteiger partial charge in [-0.1, -0.05) is 106 Å². The number of nitrogens with zero attached hydrogens (tertiary/aromatic N) is 4. The number of furan rings is 1. The maximum atomic E-state index is 8.75. The molecule has 265 valence electrons. The van der Waals surface area contributed by atoms with Crippen LogP contribution in [0.2, 0.25) is 19.6 Å². The molecule has 0 saturated heterocycles. The van der Waals surface area contributed by atoms with Crippen molar-refractivity contribution in [3.05, 3.63) is 138 Å². The van der Waals surface area contributed by atoms with Crippen LogP contribution in [0.25, 0.3) is 61.4 Å². The smallest absolute Gasteiger partial charge is 0.155 e. The summed E-state index contributed by atoms with van der Waals surface area (Å²) >= 11 is 0. The molecule has 0 amide bonds. The van der Waals surface area contributed by atoms with E-state index in [2.05, 4.69) is 66.4 Å². The molecule has 0 spiro atoms. The van der Waals surface area contributed by atoms with E-state index in [4.69, 9.17) is 17.1 Å². The molecule has 0 aliphatic heterocycles. The van der Waals surface area contributed by atoms with Crippen molar-refractivity contribution in [2.24, 2.45) is 5.41 Å². The van der Waals surface area contributed by atoms with Crippen molar-refractivity contribution >= 4 is 46.4 Å². The summed E-state index contributed by atoms with van der Waals surface area (Å²) in [6.45, 7) is 16.7. The van der Waals surface area contributed by atoms with Crippen molar-refractivity contribution in [1.29, 1.82) is 0 Å². The van der Waals surface area contributed by atoms with Crippen LogP contribution >= 0.6 is 0 Å². The number of benzene rings is 4. The Balaban J connectivity index is 0.000000188. The van der Waals surface area contributed by atoms with E-state index < -0.39 is 19.9 Å². The van der Waals surface area contributed by atoms with Gasteiger partial charge in [-0.25, -0.2) is 4.98 Å². The predicted octanol–water partition coefficient (Wildman–Crippen LogP) is 11.1. The van der Waals surface area contributed by atoms with Crippen LogP contribution in [0.4, 0.5) is 0 Å². The minimum atomic E-state index is -1.70. The summed E-state index contributed by atoms with van der Waals surface area (Å²) in [5.41, 5.74) is 9.27. The number of pyridine rings is 2. The molecule has 8 rings (SSSR count). The monoisotopic (exact) mass is 879 g/mol. The normalized spacial score (nSPS) is 12.6. The van der Waals surface area contributed by atoms with E-state index in [1.807, 2.05) is 119 Å². The molecule has 8 aromatic rings. The first-order chi connectivity index (χ1) is 25.1. The number of aryl methyl sites for hydroxylation is 2. The summed E-state index contributed by atoms with van der Waals surface area (Å²) in [4.78, 5) is 14.4. The Kier molecular flexibility index (Phi) is 9.76. The van der Waals surface area contributed by atoms with Gasteiger partial charge in [-0.15, -0.1) is 53.6 Å². The number of fused-ring (bicyclic) bond motifs is 4. The van der Waals surface area contributed by atoms with Gasteiger partial charge < -0.3 is 14.0 Å². The first-order valence-corrected chi connectivity index (χ1v) is 20.9. The summed E-state index contributed by atoms with van der Waals surface area (Å²) < 4.78 is 25.9. The van der Waals surface area contributed by atoms with Crippen LogP contribution < -0.4 is 5.19 Å². The number of rotatable bonds is 5. The maximum Gasteiger partial charge on any atom is 0.155 e. The standard InChI is InChI=1S/C26H18N3O.C19H26NSi.Ir/c1-16-12-14-20(24-23(16)19-10-6-7-11-22(19)30-24)25-28-21-15-13-17(2)27-26(21)29(25)18-8-4-3-5-9-18;1-19(2,3)13-16-12-17(15-10-8-7-9-11-15)20-14-18(16)21(4,5)6;/h3-13,15H,1-2H3;7-10,12,14H,13H2,1-6H3;/q2*-1;/i;13D2;. The van der Waals surface area contributed by atoms with Crippen LogP contribution in [-0.2, 0) is 26.5 Å². The Morgan fingerprint density at radius 2 is 1.60 bits per heavy atom. The van der Waals surface area contributed by atoms with Crippen molar-refractivity contribution in [3.63, 3.8) is 0 Å². The Bertz CT molecular complexity index is 2590. The fraction of sp³-hybridized carbons (Fsp3) is 0.222. The summed E-state index contributed by atoms with van der Waals surface area (Å²) in [5.74, 6) is 0.776. The molecule has 4 heterocycles. The molecule has 0 fully saturated rings. The Hall–Kier alpha value is -4.68. The minimum Gasteiger partial charge on any atom is -0.501 e. The zero-order chi connectivity index (χ0) is 37.7. The van der Waals surface area contributed by atoms with Crippen molar-refractivity contribution in [3.8, 4) is 28.3 Å². The molecule has 52 heavy (non-hydrogen) atoms. The van der Waals surface area contributed by atoms with Gasteiger partial charge in [-0.2, -0.15) is 0 Å². The molecule has 0 bridgehead atoms. The van der Waals surface area contributed by atoms with E-state index in [-0.39, 0.29) is 20.1 Å². The van der Waals surface area contributed by atoms with Crippen LogP contribution in [0.1, 0.15) is 40.3 Å². The Morgan fingerprint density at radius 3 is 2.31 bits per heavy atom. The first-order valence-electron chi connectivity index (χ1n) is 18.4. The van der Waals surface area contributed by atoms with Gasteiger partial charge in [0.25, 0.3) is 0 Å². The molecular weight excluding hydrogens is 833 g/mol. The van der Waals surface area contributed by atoms with Gasteiger partial charge in [0.05, 0.1) is 25.0 Å². The quantitative estimate of drug-likeness (QED) is 0.128. The average molecular weight is 879 g/mol. The number of para-hydroxylation sites is 2. The molecule has 4 aromatic carbocycles. The molecular formula is C45H44IrN4OSi-2. The van der Waals surface area contributed by atoms with Crippen LogP contribution in [0.5, 0.6) is 0 Å². The third-order valence-electron chi connectivity index (χ3n) is 8.74. The van der Waals surface area contributed by atoms with Gasteiger partial charge in [0.2, 0.25) is 0 Å². The van der Waals surface area contributed by atoms with Crippen molar-refractivity contribution in [2.45, 2.75) is 60.6 Å². The van der Waals surface area contributed by atoms with Crippen LogP contribution in [0.15, 0.2) is 114 Å². The van der Waals surface area contributed by atoms with E-state index in [1.54, 1.807) is 0 Å². The molecule has 0 saturated carbocycles. The minimum absolute atomic E-state index is 0. The second kappa shape index (κ2) is 14.7. The molecule has 0 atom stereocenters. The van der Waals surface area contributed by atoms with E-state index in [0.717, 1.165) is 83.4 Å². The number of aromatic nitrogens is 4. The summed E-state index contributed by atoms with van der Waals surface area (Å²) in [5, 5.41) is 3.31. The fourth-order valence-electron chi connectivity index (χ4n) is 6.40. The van der Waals surface area contributed by atoms with Gasteiger partial charge in [0.15, 0.2) is 5.65 Å². The zero-order valence-corrected chi connectivity index (χ0v) is 34.3. The molecule has 0 N–H and O–H groups in total. The van der Waals surface area contributed by atoms with Gasteiger partial charge in [-0.3, -0.25) is 4.98 Å². The molecule has 0 aliphatic rings. The summed E-state index contributed by atoms with van der Waals surface area (Å²) in [6.07, 6.45) is 0.469. The molecule has 0 unspecified atom stereocenters. The van der Waals surface area contributed by atoms with Crippen molar-refractivity contribution in [2.75, 3.05) is 0 Å². The predicted molar refractivity (Wildman–Crippen MR) is 215 cm³/mol. The third-order valence-corrected chi connectivity index (χ3v) is 10.8. The molecule has 1 radical (unpaired) electrons. The number of imidazole rings is 1. The topological polar surface area (TPSA) is 56.7 Å². The first kappa shape index (κ1) is 34.4. The Morgan fingerprint density at radius 1 is 0.865 bits per heavy atom. The molecule has 7 heteroatoms. The number of hydrogen-bond donors (Lipinski definition) is 0. The van der Waals surface area contributed by atoms with Crippen molar-refractivity contribution < 1.29 is 27.3 Å². The van der Waals surface area contributed by atoms with E-state index in [1.165, 1.54) is 0 Å². The molecule has 0 aliphatic carbocycles. The van der Waals surface area contributed by atoms with Crippen LogP contribution in [-0.4, -0.2) is 27.6 Å². The zero-order valence-electron chi connectivity index (χ0n) is 32.9. The molecule has 5 nitrogen and oxygen atoms in total. The second-order valence-electron chi connectivity index (χ2n) is 15.1. The van der Waals surface area contributed by atoms with Gasteiger partial charge in [-0.05, 0) is 59.9 Å². The van der Waals surface area contributed by atoms with Gasteiger partial charge in [0, 0.05) is 45.8 Å².